The highest BCUT2D eigenvalue weighted by atomic mass is 16.2. The number of nitrogens with zero attached hydrogens (tertiary/aromatic N) is 1. The van der Waals surface area contributed by atoms with Gasteiger partial charge >= 0.3 is 0 Å². The molecule has 98 valence electrons. The van der Waals surface area contributed by atoms with Gasteiger partial charge < -0.3 is 0 Å². The predicted octanol–water partition coefficient (Wildman–Crippen LogP) is 2.49. The van der Waals surface area contributed by atoms with Gasteiger partial charge in [0.1, 0.15) is 0 Å². The minimum absolute atomic E-state index is 0.00235. The lowest BCUT2D eigenvalue weighted by atomic mass is 10.0. The van der Waals surface area contributed by atoms with Crippen LogP contribution in [0.1, 0.15) is 5.56 Å². The number of benzene rings is 2. The molecule has 0 spiro atoms. The summed E-state index contributed by atoms with van der Waals surface area (Å²) in [7, 11) is 3.60. The third-order valence-corrected chi connectivity index (χ3v) is 2.77. The Labute approximate surface area is 113 Å². The van der Waals surface area contributed by atoms with E-state index in [1.807, 2.05) is 42.5 Å². The average molecular weight is 254 g/mol. The molecule has 19 heavy (non-hydrogen) atoms. The summed E-state index contributed by atoms with van der Waals surface area (Å²) >= 11 is 0. The second-order valence-corrected chi connectivity index (χ2v) is 4.67. The fraction of sp³-hybridized carbons (Fsp3) is 0.188. The highest BCUT2D eigenvalue weighted by molar-refractivity contribution is 5.78. The Morgan fingerprint density at radius 3 is 2.11 bits per heavy atom. The molecule has 0 aliphatic heterocycles. The van der Waals surface area contributed by atoms with Gasteiger partial charge in [-0.2, -0.15) is 0 Å². The van der Waals surface area contributed by atoms with Crippen molar-refractivity contribution in [2.24, 2.45) is 0 Å². The van der Waals surface area contributed by atoms with Crippen molar-refractivity contribution in [2.75, 3.05) is 14.1 Å². The zero-order chi connectivity index (χ0) is 13.7. The first-order chi connectivity index (χ1) is 9.15. The topological polar surface area (TPSA) is 32.3 Å². The molecule has 0 aromatic heterocycles. The van der Waals surface area contributed by atoms with Gasteiger partial charge in [0, 0.05) is 14.1 Å². The Morgan fingerprint density at radius 2 is 1.53 bits per heavy atom. The monoisotopic (exact) mass is 254 g/mol. The lowest BCUT2D eigenvalue weighted by molar-refractivity contribution is -0.124. The van der Waals surface area contributed by atoms with E-state index in [-0.39, 0.29) is 5.91 Å². The second-order valence-electron chi connectivity index (χ2n) is 4.67. The van der Waals surface area contributed by atoms with Crippen LogP contribution in [0, 0.1) is 0 Å². The fourth-order valence-corrected chi connectivity index (χ4v) is 1.92. The standard InChI is InChI=1S/C16H18N2O/c1-18(2)17-16(19)12-13-8-10-15(11-9-13)14-6-4-3-5-7-14/h3-11H,12H2,1-2H3,(H,17,19). The van der Waals surface area contributed by atoms with Crippen LogP contribution < -0.4 is 5.43 Å². The highest BCUT2D eigenvalue weighted by Crippen LogP contribution is 2.19. The molecule has 2 aromatic rings. The van der Waals surface area contributed by atoms with Crippen molar-refractivity contribution < 1.29 is 4.79 Å². The van der Waals surface area contributed by atoms with E-state index < -0.39 is 0 Å². The van der Waals surface area contributed by atoms with Crippen molar-refractivity contribution in [3.63, 3.8) is 0 Å². The van der Waals surface area contributed by atoms with Gasteiger partial charge in [-0.3, -0.25) is 10.2 Å². The van der Waals surface area contributed by atoms with Gasteiger partial charge in [-0.25, -0.2) is 5.01 Å². The van der Waals surface area contributed by atoms with Crippen LogP contribution in [0.4, 0.5) is 0 Å². The minimum atomic E-state index is -0.00235. The van der Waals surface area contributed by atoms with Crippen LogP contribution >= 0.6 is 0 Å². The Balaban J connectivity index is 2.05. The van der Waals surface area contributed by atoms with Crippen molar-refractivity contribution in [3.05, 3.63) is 60.2 Å². The quantitative estimate of drug-likeness (QED) is 0.850. The first-order valence-corrected chi connectivity index (χ1v) is 6.26. The molecule has 1 amide bonds. The van der Waals surface area contributed by atoms with Crippen molar-refractivity contribution >= 4 is 5.91 Å². The maximum atomic E-state index is 11.6. The van der Waals surface area contributed by atoms with Gasteiger partial charge in [0.2, 0.25) is 5.91 Å². The summed E-state index contributed by atoms with van der Waals surface area (Å²) in [5.74, 6) is -0.00235. The van der Waals surface area contributed by atoms with Crippen LogP contribution in [0.15, 0.2) is 54.6 Å². The van der Waals surface area contributed by atoms with E-state index >= 15 is 0 Å². The minimum Gasteiger partial charge on any atom is -0.289 e. The first kappa shape index (κ1) is 13.3. The molecule has 0 heterocycles. The van der Waals surface area contributed by atoms with E-state index in [1.54, 1.807) is 19.1 Å². The summed E-state index contributed by atoms with van der Waals surface area (Å²) in [6.07, 6.45) is 0.396. The summed E-state index contributed by atoms with van der Waals surface area (Å²) in [6.45, 7) is 0. The predicted molar refractivity (Wildman–Crippen MR) is 77.4 cm³/mol. The van der Waals surface area contributed by atoms with E-state index in [4.69, 9.17) is 0 Å². The molecule has 0 fully saturated rings. The number of nitrogens with one attached hydrogen (secondary N) is 1. The summed E-state index contributed by atoms with van der Waals surface area (Å²) < 4.78 is 0. The Morgan fingerprint density at radius 1 is 0.947 bits per heavy atom. The number of rotatable bonds is 4. The van der Waals surface area contributed by atoms with Gasteiger partial charge in [0.15, 0.2) is 0 Å². The molecule has 3 heteroatoms. The number of hydrogen-bond acceptors (Lipinski definition) is 2. The first-order valence-electron chi connectivity index (χ1n) is 6.26. The van der Waals surface area contributed by atoms with Crippen molar-refractivity contribution in [3.8, 4) is 11.1 Å². The Kier molecular flexibility index (Phi) is 4.31. The molecule has 0 unspecified atom stereocenters. The number of amides is 1. The van der Waals surface area contributed by atoms with Gasteiger partial charge in [0.25, 0.3) is 0 Å². The van der Waals surface area contributed by atoms with Crippen LogP contribution in [0.25, 0.3) is 11.1 Å². The third-order valence-electron chi connectivity index (χ3n) is 2.77. The molecule has 0 atom stereocenters. The Hall–Kier alpha value is -2.13. The number of hydrazine groups is 1. The van der Waals surface area contributed by atoms with Gasteiger partial charge in [-0.1, -0.05) is 54.6 Å². The highest BCUT2D eigenvalue weighted by Gasteiger charge is 2.04. The summed E-state index contributed by atoms with van der Waals surface area (Å²) in [5.41, 5.74) is 6.10. The molecule has 2 rings (SSSR count). The van der Waals surface area contributed by atoms with Crippen LogP contribution in [-0.2, 0) is 11.2 Å². The largest absolute Gasteiger partial charge is 0.289 e. The van der Waals surface area contributed by atoms with E-state index in [2.05, 4.69) is 17.6 Å². The van der Waals surface area contributed by atoms with E-state index in [9.17, 15) is 4.79 Å². The molecule has 0 bridgehead atoms. The lowest BCUT2D eigenvalue weighted by Crippen LogP contribution is -2.37. The van der Waals surface area contributed by atoms with Crippen LogP contribution in [0.3, 0.4) is 0 Å². The zero-order valence-corrected chi connectivity index (χ0v) is 11.3. The smallest absolute Gasteiger partial charge is 0.238 e. The number of hydrogen-bond donors (Lipinski definition) is 1. The zero-order valence-electron chi connectivity index (χ0n) is 11.3. The maximum Gasteiger partial charge on any atom is 0.238 e. The molecule has 0 saturated heterocycles. The summed E-state index contributed by atoms with van der Waals surface area (Å²) in [5, 5.41) is 1.65. The molecule has 3 nitrogen and oxygen atoms in total. The van der Waals surface area contributed by atoms with Crippen LogP contribution in [0.2, 0.25) is 0 Å². The molecule has 0 aliphatic rings. The summed E-state index contributed by atoms with van der Waals surface area (Å²) in [4.78, 5) is 11.6. The fourth-order valence-electron chi connectivity index (χ4n) is 1.92. The van der Waals surface area contributed by atoms with Crippen LogP contribution in [-0.4, -0.2) is 25.0 Å². The molecule has 1 N–H and O–H groups in total. The third kappa shape index (κ3) is 3.93. The van der Waals surface area contributed by atoms with E-state index in [1.165, 1.54) is 5.56 Å². The Bertz CT molecular complexity index is 532. The van der Waals surface area contributed by atoms with Crippen molar-refractivity contribution in [2.45, 2.75) is 6.42 Å². The average Bonchev–Trinajstić information content (AvgIpc) is 2.39. The van der Waals surface area contributed by atoms with E-state index in [0.717, 1.165) is 11.1 Å². The maximum absolute atomic E-state index is 11.6. The van der Waals surface area contributed by atoms with Crippen molar-refractivity contribution in [1.29, 1.82) is 0 Å². The molecule has 0 saturated carbocycles. The molecule has 2 aromatic carbocycles. The van der Waals surface area contributed by atoms with E-state index in [0.29, 0.717) is 6.42 Å². The number of carbonyl (C=O) groups excluding carboxylic acids is 1. The van der Waals surface area contributed by atoms with Gasteiger partial charge in [-0.15, -0.1) is 0 Å². The lowest BCUT2D eigenvalue weighted by Gasteiger charge is -2.11. The molecular weight excluding hydrogens is 236 g/mol. The van der Waals surface area contributed by atoms with Gasteiger partial charge in [-0.05, 0) is 16.7 Å². The van der Waals surface area contributed by atoms with Gasteiger partial charge in [0.05, 0.1) is 6.42 Å². The molecule has 0 aliphatic carbocycles. The van der Waals surface area contributed by atoms with Crippen LogP contribution in [0.5, 0.6) is 0 Å². The normalized spacial score (nSPS) is 10.5. The second kappa shape index (κ2) is 6.16. The van der Waals surface area contributed by atoms with Crippen molar-refractivity contribution in [1.82, 2.24) is 10.4 Å². The molecule has 0 radical (unpaired) electrons. The number of carbonyl (C=O) groups is 1. The SMILES string of the molecule is CN(C)NC(=O)Cc1ccc(-c2ccccc2)cc1. The molecular formula is C16H18N2O. The summed E-state index contributed by atoms with van der Waals surface area (Å²) in [6, 6.07) is 18.3.